The van der Waals surface area contributed by atoms with Gasteiger partial charge in [-0.2, -0.15) is 0 Å². The lowest BCUT2D eigenvalue weighted by atomic mass is 10.1. The van der Waals surface area contributed by atoms with E-state index < -0.39 is 0 Å². The van der Waals surface area contributed by atoms with E-state index in [-0.39, 0.29) is 11.4 Å². The number of nitrogens with zero attached hydrogens (tertiary/aromatic N) is 2. The zero-order valence-corrected chi connectivity index (χ0v) is 11.9. The molecule has 2 N–H and O–H groups in total. The molecule has 5 heteroatoms. The van der Waals surface area contributed by atoms with E-state index in [9.17, 15) is 4.79 Å². The second kappa shape index (κ2) is 5.57. The number of anilines is 1. The molecule has 0 bridgehead atoms. The molecule has 2 heterocycles. The zero-order valence-electron chi connectivity index (χ0n) is 11.9. The Hall–Kier alpha value is -1.62. The molecule has 0 atom stereocenters. The van der Waals surface area contributed by atoms with E-state index >= 15 is 0 Å². The predicted molar refractivity (Wildman–Crippen MR) is 76.1 cm³/mol. The minimum Gasteiger partial charge on any atom is -0.353 e. The zero-order chi connectivity index (χ0) is 13.9. The fourth-order valence-corrected chi connectivity index (χ4v) is 1.91. The molecule has 1 saturated heterocycles. The number of carbonyl (C=O) groups is 1. The minimum absolute atomic E-state index is 0.0616. The van der Waals surface area contributed by atoms with E-state index in [4.69, 9.17) is 0 Å². The topological polar surface area (TPSA) is 57.3 Å². The number of hydrogen-bond acceptors (Lipinski definition) is 4. The molecule has 1 aromatic heterocycles. The average Bonchev–Trinajstić information content (AvgIpc) is 2.36. The van der Waals surface area contributed by atoms with Gasteiger partial charge in [-0.3, -0.25) is 4.79 Å². The molecule has 1 aliphatic rings. The summed E-state index contributed by atoms with van der Waals surface area (Å²) in [6.07, 6.45) is 1.88. The number of pyridine rings is 1. The van der Waals surface area contributed by atoms with Gasteiger partial charge in [0.25, 0.3) is 0 Å². The lowest BCUT2D eigenvalue weighted by molar-refractivity contribution is -0.120. The Morgan fingerprint density at radius 3 is 2.79 bits per heavy atom. The summed E-state index contributed by atoms with van der Waals surface area (Å²) in [4.78, 5) is 17.8. The summed E-state index contributed by atoms with van der Waals surface area (Å²) in [5.41, 5.74) is 1.25. The van der Waals surface area contributed by atoms with Gasteiger partial charge in [-0.25, -0.2) is 4.98 Å². The molecular formula is C14H22N4O. The van der Waals surface area contributed by atoms with Gasteiger partial charge >= 0.3 is 0 Å². The molecule has 0 radical (unpaired) electrons. The van der Waals surface area contributed by atoms with Crippen molar-refractivity contribution in [2.75, 3.05) is 24.5 Å². The Labute approximate surface area is 114 Å². The lowest BCUT2D eigenvalue weighted by Crippen LogP contribution is -2.48. The summed E-state index contributed by atoms with van der Waals surface area (Å²) < 4.78 is 0. The highest BCUT2D eigenvalue weighted by Gasteiger charge is 2.17. The average molecular weight is 262 g/mol. The van der Waals surface area contributed by atoms with Gasteiger partial charge in [-0.15, -0.1) is 0 Å². The van der Waals surface area contributed by atoms with Gasteiger partial charge in [0.05, 0.1) is 6.54 Å². The van der Waals surface area contributed by atoms with Crippen LogP contribution in [0.2, 0.25) is 0 Å². The van der Waals surface area contributed by atoms with Gasteiger partial charge in [0.1, 0.15) is 5.82 Å². The van der Waals surface area contributed by atoms with Gasteiger partial charge in [-0.05, 0) is 32.4 Å². The Morgan fingerprint density at radius 1 is 1.42 bits per heavy atom. The van der Waals surface area contributed by atoms with Crippen LogP contribution in [-0.2, 0) is 11.3 Å². The van der Waals surface area contributed by atoms with Crippen LogP contribution in [0.1, 0.15) is 26.3 Å². The maximum Gasteiger partial charge on any atom is 0.239 e. The summed E-state index contributed by atoms with van der Waals surface area (Å²) in [5.74, 6) is 0.931. The van der Waals surface area contributed by atoms with Crippen LogP contribution < -0.4 is 15.5 Å². The van der Waals surface area contributed by atoms with Gasteiger partial charge in [0.2, 0.25) is 5.91 Å². The largest absolute Gasteiger partial charge is 0.353 e. The monoisotopic (exact) mass is 262 g/mol. The molecule has 19 heavy (non-hydrogen) atoms. The smallest absolute Gasteiger partial charge is 0.239 e. The quantitative estimate of drug-likeness (QED) is 0.850. The maximum atomic E-state index is 11.3. The standard InChI is InChI=1S/C14H22N4O/c1-14(2,3)17-9-11-4-5-12(16-8-11)18-7-6-15-13(19)10-18/h4-5,8,17H,6-7,9-10H2,1-3H3,(H,15,19). The number of carbonyl (C=O) groups excluding carboxylic acids is 1. The number of piperazine rings is 1. The Bertz CT molecular complexity index is 436. The third-order valence-corrected chi connectivity index (χ3v) is 2.99. The van der Waals surface area contributed by atoms with Crippen LogP contribution in [0, 0.1) is 0 Å². The fourth-order valence-electron chi connectivity index (χ4n) is 1.91. The van der Waals surface area contributed by atoms with E-state index in [2.05, 4.69) is 42.5 Å². The van der Waals surface area contributed by atoms with E-state index in [0.717, 1.165) is 24.5 Å². The molecule has 0 aliphatic carbocycles. The summed E-state index contributed by atoms with van der Waals surface area (Å²) in [6.45, 7) is 9.12. The first-order valence-electron chi connectivity index (χ1n) is 6.66. The Morgan fingerprint density at radius 2 is 2.21 bits per heavy atom. The minimum atomic E-state index is 0.0616. The van der Waals surface area contributed by atoms with Gasteiger partial charge in [0.15, 0.2) is 0 Å². The molecule has 2 rings (SSSR count). The molecule has 1 aliphatic heterocycles. The van der Waals surface area contributed by atoms with Crippen LogP contribution in [-0.4, -0.2) is 36.1 Å². The number of hydrogen-bond donors (Lipinski definition) is 2. The van der Waals surface area contributed by atoms with Crippen molar-refractivity contribution in [1.82, 2.24) is 15.6 Å². The molecule has 0 unspecified atom stereocenters. The molecule has 1 aromatic rings. The number of aromatic nitrogens is 1. The van der Waals surface area contributed by atoms with Crippen molar-refractivity contribution in [2.45, 2.75) is 32.9 Å². The fraction of sp³-hybridized carbons (Fsp3) is 0.571. The second-order valence-corrected chi connectivity index (χ2v) is 5.90. The highest BCUT2D eigenvalue weighted by molar-refractivity contribution is 5.82. The Balaban J connectivity index is 1.96. The van der Waals surface area contributed by atoms with E-state index in [1.165, 1.54) is 0 Å². The molecule has 0 aromatic carbocycles. The SMILES string of the molecule is CC(C)(C)NCc1ccc(N2CCNC(=O)C2)nc1. The van der Waals surface area contributed by atoms with Crippen LogP contribution >= 0.6 is 0 Å². The van der Waals surface area contributed by atoms with Crippen LogP contribution in [0.3, 0.4) is 0 Å². The number of rotatable bonds is 3. The highest BCUT2D eigenvalue weighted by Crippen LogP contribution is 2.12. The first-order chi connectivity index (χ1) is 8.94. The molecule has 5 nitrogen and oxygen atoms in total. The predicted octanol–water partition coefficient (Wildman–Crippen LogP) is 0.906. The lowest BCUT2D eigenvalue weighted by Gasteiger charge is -2.27. The first-order valence-corrected chi connectivity index (χ1v) is 6.66. The van der Waals surface area contributed by atoms with Crippen molar-refractivity contribution in [3.05, 3.63) is 23.9 Å². The molecule has 0 saturated carbocycles. The highest BCUT2D eigenvalue weighted by atomic mass is 16.2. The van der Waals surface area contributed by atoms with Gasteiger partial charge in [-0.1, -0.05) is 6.07 Å². The first kappa shape index (κ1) is 13.8. The van der Waals surface area contributed by atoms with Crippen molar-refractivity contribution in [3.8, 4) is 0 Å². The third kappa shape index (κ3) is 4.21. The summed E-state index contributed by atoms with van der Waals surface area (Å²) in [6, 6.07) is 4.05. The number of nitrogens with one attached hydrogen (secondary N) is 2. The normalized spacial score (nSPS) is 16.4. The Kier molecular flexibility index (Phi) is 4.04. The van der Waals surface area contributed by atoms with Crippen molar-refractivity contribution >= 4 is 11.7 Å². The van der Waals surface area contributed by atoms with E-state index in [0.29, 0.717) is 13.1 Å². The summed E-state index contributed by atoms with van der Waals surface area (Å²) in [5, 5.41) is 6.24. The number of amides is 1. The molecule has 1 fully saturated rings. The molecular weight excluding hydrogens is 240 g/mol. The maximum absolute atomic E-state index is 11.3. The van der Waals surface area contributed by atoms with Crippen molar-refractivity contribution < 1.29 is 4.79 Å². The van der Waals surface area contributed by atoms with Crippen LogP contribution in [0.25, 0.3) is 0 Å². The van der Waals surface area contributed by atoms with Crippen LogP contribution in [0.5, 0.6) is 0 Å². The second-order valence-electron chi connectivity index (χ2n) is 5.90. The molecule has 1 amide bonds. The summed E-state index contributed by atoms with van der Waals surface area (Å²) >= 11 is 0. The summed E-state index contributed by atoms with van der Waals surface area (Å²) in [7, 11) is 0. The third-order valence-electron chi connectivity index (χ3n) is 2.99. The van der Waals surface area contributed by atoms with E-state index in [1.807, 2.05) is 17.2 Å². The van der Waals surface area contributed by atoms with Crippen molar-refractivity contribution in [2.24, 2.45) is 0 Å². The van der Waals surface area contributed by atoms with E-state index in [1.54, 1.807) is 0 Å². The van der Waals surface area contributed by atoms with Gasteiger partial charge in [0, 0.05) is 31.4 Å². The van der Waals surface area contributed by atoms with Gasteiger partial charge < -0.3 is 15.5 Å². The molecule has 0 spiro atoms. The van der Waals surface area contributed by atoms with Crippen molar-refractivity contribution in [1.29, 1.82) is 0 Å². The van der Waals surface area contributed by atoms with Crippen LogP contribution in [0.4, 0.5) is 5.82 Å². The van der Waals surface area contributed by atoms with Crippen LogP contribution in [0.15, 0.2) is 18.3 Å². The molecule has 104 valence electrons. The van der Waals surface area contributed by atoms with Crippen molar-refractivity contribution in [3.63, 3.8) is 0 Å².